The van der Waals surface area contributed by atoms with Gasteiger partial charge in [-0.3, -0.25) is 9.59 Å². The number of nitrogens with zero attached hydrogens (tertiary/aromatic N) is 2. The molecule has 12 heteroatoms. The van der Waals surface area contributed by atoms with Crippen LogP contribution in [0.5, 0.6) is 11.5 Å². The molecule has 33 heavy (non-hydrogen) atoms. The van der Waals surface area contributed by atoms with Crippen LogP contribution < -0.4 is 20.5 Å². The zero-order valence-electron chi connectivity index (χ0n) is 17.8. The highest BCUT2D eigenvalue weighted by Crippen LogP contribution is 2.32. The fourth-order valence-electron chi connectivity index (χ4n) is 3.19. The third-order valence-electron chi connectivity index (χ3n) is 4.67. The van der Waals surface area contributed by atoms with Crippen LogP contribution in [0.2, 0.25) is 0 Å². The van der Waals surface area contributed by atoms with E-state index in [2.05, 4.69) is 15.3 Å². The van der Waals surface area contributed by atoms with E-state index in [1.54, 1.807) is 26.0 Å². The summed E-state index contributed by atoms with van der Waals surface area (Å²) in [4.78, 5) is 44.7. The van der Waals surface area contributed by atoms with Gasteiger partial charge in [-0.1, -0.05) is 0 Å². The van der Waals surface area contributed by atoms with Crippen LogP contribution in [-0.4, -0.2) is 47.8 Å². The molecule has 0 unspecified atom stereocenters. The number of benzene rings is 1. The molecule has 0 saturated heterocycles. The lowest BCUT2D eigenvalue weighted by molar-refractivity contribution is -0.143. The Labute approximate surface area is 187 Å². The van der Waals surface area contributed by atoms with Gasteiger partial charge in [-0.2, -0.15) is 4.98 Å². The molecule has 0 saturated carbocycles. The van der Waals surface area contributed by atoms with E-state index in [0.717, 1.165) is 0 Å². The third-order valence-corrected chi connectivity index (χ3v) is 4.67. The van der Waals surface area contributed by atoms with E-state index in [9.17, 15) is 14.4 Å². The van der Waals surface area contributed by atoms with Gasteiger partial charge in [0.2, 0.25) is 12.5 Å². The van der Waals surface area contributed by atoms with Crippen LogP contribution in [0.25, 0.3) is 11.1 Å². The van der Waals surface area contributed by atoms with Gasteiger partial charge in [-0.15, -0.1) is 0 Å². The summed E-state index contributed by atoms with van der Waals surface area (Å²) in [6.07, 6.45) is 0. The van der Waals surface area contributed by atoms with Crippen molar-refractivity contribution in [2.24, 2.45) is 0 Å². The standard InChI is InChI=1S/C21H20N4O8/c1-3-29-21(28)16-10(2)33-20-17(16)18(22)24-14(25-20)8-30-15(26)7-23-19(27)11-4-5-12-13(6-11)32-9-31-12/h4-6H,3,7-9H2,1-2H3,(H,23,27)(H2,22,24,25). The molecule has 1 aliphatic rings. The lowest BCUT2D eigenvalue weighted by atomic mass is 10.2. The summed E-state index contributed by atoms with van der Waals surface area (Å²) in [5, 5.41) is 2.69. The molecule has 0 fully saturated rings. The summed E-state index contributed by atoms with van der Waals surface area (Å²) in [5.41, 5.74) is 6.51. The second-order valence-electron chi connectivity index (χ2n) is 6.87. The molecule has 0 atom stereocenters. The number of amides is 1. The molecule has 3 N–H and O–H groups in total. The zero-order valence-corrected chi connectivity index (χ0v) is 17.8. The lowest BCUT2D eigenvalue weighted by Crippen LogP contribution is -2.30. The van der Waals surface area contributed by atoms with Gasteiger partial charge >= 0.3 is 11.9 Å². The van der Waals surface area contributed by atoms with Gasteiger partial charge in [0, 0.05) is 5.56 Å². The quantitative estimate of drug-likeness (QED) is 0.495. The number of hydrogen-bond donors (Lipinski definition) is 2. The van der Waals surface area contributed by atoms with E-state index in [-0.39, 0.29) is 60.6 Å². The van der Waals surface area contributed by atoms with Crippen molar-refractivity contribution in [2.45, 2.75) is 20.5 Å². The number of anilines is 1. The number of esters is 2. The van der Waals surface area contributed by atoms with E-state index in [0.29, 0.717) is 17.1 Å². The topological polar surface area (TPSA) is 165 Å². The fraction of sp³-hybridized carbons (Fsp3) is 0.286. The van der Waals surface area contributed by atoms with Crippen molar-refractivity contribution in [1.29, 1.82) is 0 Å². The van der Waals surface area contributed by atoms with E-state index < -0.39 is 17.8 Å². The van der Waals surface area contributed by atoms with Crippen LogP contribution >= 0.6 is 0 Å². The smallest absolute Gasteiger partial charge is 0.342 e. The van der Waals surface area contributed by atoms with E-state index >= 15 is 0 Å². The molecule has 2 aromatic heterocycles. The molecule has 1 aromatic carbocycles. The van der Waals surface area contributed by atoms with Crippen molar-refractivity contribution < 1.29 is 37.7 Å². The van der Waals surface area contributed by atoms with Crippen molar-refractivity contribution in [3.05, 3.63) is 40.9 Å². The Balaban J connectivity index is 1.36. The second kappa shape index (κ2) is 9.02. The summed E-state index contributed by atoms with van der Waals surface area (Å²) in [7, 11) is 0. The maximum Gasteiger partial charge on any atom is 0.342 e. The molecular formula is C21H20N4O8. The van der Waals surface area contributed by atoms with Crippen LogP contribution in [0.1, 0.15) is 39.2 Å². The van der Waals surface area contributed by atoms with Crippen molar-refractivity contribution in [1.82, 2.24) is 15.3 Å². The molecule has 3 heterocycles. The number of hydrogen-bond acceptors (Lipinski definition) is 11. The predicted octanol–water partition coefficient (Wildman–Crippen LogP) is 1.49. The number of aryl methyl sites for hydroxylation is 1. The molecule has 12 nitrogen and oxygen atoms in total. The summed E-state index contributed by atoms with van der Waals surface area (Å²) in [6.45, 7) is 2.85. The number of carbonyl (C=O) groups excluding carboxylic acids is 3. The number of carbonyl (C=O) groups is 3. The molecule has 1 aliphatic heterocycles. The van der Waals surface area contributed by atoms with Gasteiger partial charge in [-0.25, -0.2) is 9.78 Å². The predicted molar refractivity (Wildman–Crippen MR) is 112 cm³/mol. The van der Waals surface area contributed by atoms with Gasteiger partial charge in [0.25, 0.3) is 5.91 Å². The summed E-state index contributed by atoms with van der Waals surface area (Å²) in [5.74, 6) is -0.454. The van der Waals surface area contributed by atoms with Gasteiger partial charge in [0.15, 0.2) is 23.9 Å². The van der Waals surface area contributed by atoms with E-state index in [4.69, 9.17) is 29.1 Å². The van der Waals surface area contributed by atoms with Crippen LogP contribution in [0, 0.1) is 6.92 Å². The highest BCUT2D eigenvalue weighted by Gasteiger charge is 2.24. The van der Waals surface area contributed by atoms with Gasteiger partial charge in [0.05, 0.1) is 12.0 Å². The minimum absolute atomic E-state index is 0.0120. The average molecular weight is 456 g/mol. The SMILES string of the molecule is CCOC(=O)c1c(C)oc2nc(COC(=O)CNC(=O)c3ccc4c(c3)OCO4)nc(N)c12. The minimum Gasteiger partial charge on any atom is -0.462 e. The number of nitrogen functional groups attached to an aromatic ring is 1. The lowest BCUT2D eigenvalue weighted by Gasteiger charge is -2.07. The Bertz CT molecular complexity index is 1250. The number of ether oxygens (including phenoxy) is 4. The van der Waals surface area contributed by atoms with Crippen LogP contribution in [0.4, 0.5) is 5.82 Å². The minimum atomic E-state index is -0.714. The number of nitrogens with two attached hydrogens (primary N) is 1. The maximum atomic E-state index is 12.2. The van der Waals surface area contributed by atoms with Crippen molar-refractivity contribution in [3.8, 4) is 11.5 Å². The molecule has 0 bridgehead atoms. The Morgan fingerprint density at radius 1 is 1.15 bits per heavy atom. The summed E-state index contributed by atoms with van der Waals surface area (Å²) < 4.78 is 26.0. The highest BCUT2D eigenvalue weighted by molar-refractivity contribution is 6.07. The molecule has 0 aliphatic carbocycles. The second-order valence-corrected chi connectivity index (χ2v) is 6.87. The summed E-state index contributed by atoms with van der Waals surface area (Å²) in [6, 6.07) is 4.68. The van der Waals surface area contributed by atoms with Crippen molar-refractivity contribution in [2.75, 3.05) is 25.7 Å². The first-order valence-electron chi connectivity index (χ1n) is 9.93. The normalized spacial score (nSPS) is 11.9. The van der Waals surface area contributed by atoms with E-state index in [1.807, 2.05) is 0 Å². The van der Waals surface area contributed by atoms with E-state index in [1.165, 1.54) is 6.07 Å². The first kappa shape index (κ1) is 21.9. The summed E-state index contributed by atoms with van der Waals surface area (Å²) >= 11 is 0. The monoisotopic (exact) mass is 456 g/mol. The largest absolute Gasteiger partial charge is 0.462 e. The number of nitrogens with one attached hydrogen (secondary N) is 1. The number of furan rings is 1. The highest BCUT2D eigenvalue weighted by atomic mass is 16.7. The molecule has 1 amide bonds. The molecule has 3 aromatic rings. The van der Waals surface area contributed by atoms with Gasteiger partial charge in [-0.05, 0) is 32.0 Å². The molecule has 0 radical (unpaired) electrons. The zero-order chi connectivity index (χ0) is 23.5. The third kappa shape index (κ3) is 4.49. The molecule has 4 rings (SSSR count). The number of rotatable bonds is 7. The molecular weight excluding hydrogens is 436 g/mol. The first-order valence-corrected chi connectivity index (χ1v) is 9.93. The average Bonchev–Trinajstić information content (AvgIpc) is 3.39. The van der Waals surface area contributed by atoms with Crippen LogP contribution in [-0.2, 0) is 20.9 Å². The Hall–Kier alpha value is -4.35. The Morgan fingerprint density at radius 3 is 2.73 bits per heavy atom. The molecule has 0 spiro atoms. The Kier molecular flexibility index (Phi) is 5.98. The first-order chi connectivity index (χ1) is 15.9. The van der Waals surface area contributed by atoms with Crippen molar-refractivity contribution in [3.63, 3.8) is 0 Å². The van der Waals surface area contributed by atoms with Crippen LogP contribution in [0.15, 0.2) is 22.6 Å². The maximum absolute atomic E-state index is 12.2. The molecule has 172 valence electrons. The fourth-order valence-corrected chi connectivity index (χ4v) is 3.19. The van der Waals surface area contributed by atoms with Gasteiger partial charge in [0.1, 0.15) is 23.7 Å². The van der Waals surface area contributed by atoms with Gasteiger partial charge < -0.3 is 34.4 Å². The number of aromatic nitrogens is 2. The van der Waals surface area contributed by atoms with Crippen LogP contribution in [0.3, 0.4) is 0 Å². The van der Waals surface area contributed by atoms with Crippen molar-refractivity contribution >= 4 is 34.8 Å². The number of fused-ring (bicyclic) bond motifs is 2. The Morgan fingerprint density at radius 2 is 1.94 bits per heavy atom.